The molecule has 0 aromatic carbocycles. The van der Waals surface area contributed by atoms with Crippen LogP contribution in [0.4, 0.5) is 0 Å². The van der Waals surface area contributed by atoms with Crippen LogP contribution in [0, 0.1) is 5.41 Å². The van der Waals surface area contributed by atoms with Gasteiger partial charge in [-0.3, -0.25) is 4.79 Å². The Morgan fingerprint density at radius 3 is 2.83 bits per heavy atom. The Labute approximate surface area is 83.0 Å². The average molecular weight is 233 g/mol. The Kier molecular flexibility index (Phi) is 3.76. The maximum Gasteiger partial charge on any atom is 0.138 e. The molecular weight excluding hydrogens is 216 g/mol. The molecule has 70 valence electrons. The summed E-state index contributed by atoms with van der Waals surface area (Å²) in [6, 6.07) is 0. The van der Waals surface area contributed by atoms with Crippen LogP contribution in [0.2, 0.25) is 0 Å². The van der Waals surface area contributed by atoms with Crippen LogP contribution < -0.4 is 0 Å². The molecule has 0 radical (unpaired) electrons. The fraction of sp³-hybridized carbons (Fsp3) is 0.900. The van der Waals surface area contributed by atoms with Crippen molar-refractivity contribution >= 4 is 21.7 Å². The second kappa shape index (κ2) is 4.40. The van der Waals surface area contributed by atoms with Crippen molar-refractivity contribution in [1.29, 1.82) is 0 Å². The largest absolute Gasteiger partial charge is 0.299 e. The maximum atomic E-state index is 11.6. The Bertz CT molecular complexity index is 167. The topological polar surface area (TPSA) is 17.1 Å². The first-order valence-electron chi connectivity index (χ1n) is 4.78. The summed E-state index contributed by atoms with van der Waals surface area (Å²) >= 11 is 3.41. The third kappa shape index (κ3) is 2.32. The zero-order chi connectivity index (χ0) is 9.03. The molecule has 1 nitrogen and oxygen atoms in total. The van der Waals surface area contributed by atoms with Gasteiger partial charge in [0.05, 0.1) is 0 Å². The molecule has 1 aliphatic rings. The molecule has 0 saturated heterocycles. The zero-order valence-corrected chi connectivity index (χ0v) is 9.32. The van der Waals surface area contributed by atoms with Crippen molar-refractivity contribution in [1.82, 2.24) is 0 Å². The van der Waals surface area contributed by atoms with Crippen LogP contribution in [0.1, 0.15) is 45.4 Å². The SMILES string of the molecule is CC1(CCCBr)CCCCC1=O. The fourth-order valence-corrected chi connectivity index (χ4v) is 2.24. The van der Waals surface area contributed by atoms with E-state index in [1.165, 1.54) is 6.42 Å². The summed E-state index contributed by atoms with van der Waals surface area (Å²) in [6.45, 7) is 2.14. The Hall–Kier alpha value is 0.150. The minimum absolute atomic E-state index is 0.0199. The van der Waals surface area contributed by atoms with E-state index in [1.54, 1.807) is 0 Å². The number of hydrogen-bond donors (Lipinski definition) is 0. The lowest BCUT2D eigenvalue weighted by Gasteiger charge is -2.31. The molecule has 2 heteroatoms. The third-order valence-electron chi connectivity index (χ3n) is 2.92. The van der Waals surface area contributed by atoms with Crippen molar-refractivity contribution in [3.8, 4) is 0 Å². The van der Waals surface area contributed by atoms with Crippen molar-refractivity contribution in [3.05, 3.63) is 0 Å². The van der Waals surface area contributed by atoms with Gasteiger partial charge in [-0.25, -0.2) is 0 Å². The van der Waals surface area contributed by atoms with E-state index >= 15 is 0 Å². The predicted molar refractivity (Wildman–Crippen MR) is 54.6 cm³/mol. The van der Waals surface area contributed by atoms with Crippen LogP contribution in [-0.4, -0.2) is 11.1 Å². The van der Waals surface area contributed by atoms with Crippen LogP contribution in [0.3, 0.4) is 0 Å². The molecule has 0 amide bonds. The monoisotopic (exact) mass is 232 g/mol. The highest BCUT2D eigenvalue weighted by Gasteiger charge is 2.33. The van der Waals surface area contributed by atoms with Crippen molar-refractivity contribution in [2.45, 2.75) is 45.4 Å². The maximum absolute atomic E-state index is 11.6. The summed E-state index contributed by atoms with van der Waals surface area (Å²) in [5.74, 6) is 0.495. The summed E-state index contributed by atoms with van der Waals surface area (Å²) in [4.78, 5) is 11.6. The molecule has 0 heterocycles. The zero-order valence-electron chi connectivity index (χ0n) is 7.74. The van der Waals surface area contributed by atoms with Gasteiger partial charge in [-0.05, 0) is 25.7 Å². The normalized spacial score (nSPS) is 30.7. The van der Waals surface area contributed by atoms with Gasteiger partial charge in [0.15, 0.2) is 0 Å². The summed E-state index contributed by atoms with van der Waals surface area (Å²) in [5.41, 5.74) is 0.0199. The van der Waals surface area contributed by atoms with Gasteiger partial charge in [0.25, 0.3) is 0 Å². The molecule has 1 fully saturated rings. The third-order valence-corrected chi connectivity index (χ3v) is 3.48. The molecule has 1 rings (SSSR count). The predicted octanol–water partition coefficient (Wildman–Crippen LogP) is 3.31. The number of hydrogen-bond acceptors (Lipinski definition) is 1. The Morgan fingerprint density at radius 1 is 1.50 bits per heavy atom. The first-order valence-corrected chi connectivity index (χ1v) is 5.90. The number of carbonyl (C=O) groups excluding carboxylic acids is 1. The van der Waals surface area contributed by atoms with Gasteiger partial charge < -0.3 is 0 Å². The molecule has 0 aliphatic heterocycles. The van der Waals surface area contributed by atoms with Gasteiger partial charge in [0, 0.05) is 17.2 Å². The fourth-order valence-electron chi connectivity index (χ4n) is 1.96. The smallest absolute Gasteiger partial charge is 0.138 e. The van der Waals surface area contributed by atoms with Crippen molar-refractivity contribution < 1.29 is 4.79 Å². The standard InChI is InChI=1S/C10H17BrO/c1-10(7-4-8-11)6-3-2-5-9(10)12/h2-8H2,1H3. The van der Waals surface area contributed by atoms with E-state index in [0.717, 1.165) is 37.4 Å². The van der Waals surface area contributed by atoms with Crippen molar-refractivity contribution in [2.75, 3.05) is 5.33 Å². The minimum Gasteiger partial charge on any atom is -0.299 e. The van der Waals surface area contributed by atoms with E-state index in [0.29, 0.717) is 5.78 Å². The molecule has 12 heavy (non-hydrogen) atoms. The lowest BCUT2D eigenvalue weighted by atomic mass is 9.72. The van der Waals surface area contributed by atoms with Crippen LogP contribution >= 0.6 is 15.9 Å². The minimum atomic E-state index is 0.0199. The highest BCUT2D eigenvalue weighted by atomic mass is 79.9. The molecule has 1 atom stereocenters. The van der Waals surface area contributed by atoms with E-state index in [4.69, 9.17) is 0 Å². The summed E-state index contributed by atoms with van der Waals surface area (Å²) in [6.07, 6.45) is 6.48. The molecule has 0 spiro atoms. The summed E-state index contributed by atoms with van der Waals surface area (Å²) in [5, 5.41) is 1.02. The first kappa shape index (κ1) is 10.2. The van der Waals surface area contributed by atoms with Crippen LogP contribution in [-0.2, 0) is 4.79 Å². The number of carbonyl (C=O) groups is 1. The van der Waals surface area contributed by atoms with Gasteiger partial charge in [-0.2, -0.15) is 0 Å². The van der Waals surface area contributed by atoms with Gasteiger partial charge in [-0.15, -0.1) is 0 Å². The van der Waals surface area contributed by atoms with Gasteiger partial charge in [0.2, 0.25) is 0 Å². The quantitative estimate of drug-likeness (QED) is 0.683. The highest BCUT2D eigenvalue weighted by Crippen LogP contribution is 2.36. The molecular formula is C10H17BrO. The van der Waals surface area contributed by atoms with Crippen molar-refractivity contribution in [3.63, 3.8) is 0 Å². The second-order valence-corrected chi connectivity index (χ2v) is 4.78. The Morgan fingerprint density at radius 2 is 2.25 bits per heavy atom. The highest BCUT2D eigenvalue weighted by molar-refractivity contribution is 9.09. The molecule has 1 unspecified atom stereocenters. The van der Waals surface area contributed by atoms with Gasteiger partial charge in [-0.1, -0.05) is 29.3 Å². The van der Waals surface area contributed by atoms with Crippen LogP contribution in [0.25, 0.3) is 0 Å². The molecule has 0 bridgehead atoms. The Balaban J connectivity index is 2.48. The van der Waals surface area contributed by atoms with E-state index in [2.05, 4.69) is 22.9 Å². The van der Waals surface area contributed by atoms with Gasteiger partial charge in [0.1, 0.15) is 5.78 Å². The van der Waals surface area contributed by atoms with E-state index in [-0.39, 0.29) is 5.41 Å². The number of rotatable bonds is 3. The van der Waals surface area contributed by atoms with Crippen LogP contribution in [0.15, 0.2) is 0 Å². The van der Waals surface area contributed by atoms with E-state index in [9.17, 15) is 4.79 Å². The lowest BCUT2D eigenvalue weighted by Crippen LogP contribution is -2.31. The molecule has 1 saturated carbocycles. The van der Waals surface area contributed by atoms with E-state index < -0.39 is 0 Å². The molecule has 0 aromatic rings. The van der Waals surface area contributed by atoms with Crippen LogP contribution in [0.5, 0.6) is 0 Å². The van der Waals surface area contributed by atoms with E-state index in [1.807, 2.05) is 0 Å². The lowest BCUT2D eigenvalue weighted by molar-refractivity contribution is -0.130. The summed E-state index contributed by atoms with van der Waals surface area (Å²) in [7, 11) is 0. The molecule has 0 aromatic heterocycles. The number of Topliss-reactive ketones (excluding diaryl/α,β-unsaturated/α-hetero) is 1. The first-order chi connectivity index (χ1) is 5.69. The molecule has 1 aliphatic carbocycles. The van der Waals surface area contributed by atoms with Gasteiger partial charge >= 0.3 is 0 Å². The number of ketones is 1. The summed E-state index contributed by atoms with van der Waals surface area (Å²) < 4.78 is 0. The number of alkyl halides is 1. The molecule has 0 N–H and O–H groups in total. The number of halogens is 1. The average Bonchev–Trinajstić information content (AvgIpc) is 2.07. The van der Waals surface area contributed by atoms with Crippen molar-refractivity contribution in [2.24, 2.45) is 5.41 Å². The second-order valence-electron chi connectivity index (χ2n) is 3.98.